The van der Waals surface area contributed by atoms with Crippen molar-refractivity contribution >= 4 is 33.0 Å². The lowest BCUT2D eigenvalue weighted by Gasteiger charge is -2.21. The summed E-state index contributed by atoms with van der Waals surface area (Å²) >= 11 is 5.27. The van der Waals surface area contributed by atoms with Gasteiger partial charge in [0.1, 0.15) is 16.4 Å². The predicted octanol–water partition coefficient (Wildman–Crippen LogP) is 3.20. The van der Waals surface area contributed by atoms with Crippen molar-refractivity contribution in [2.24, 2.45) is 0 Å². The number of anilines is 1. The molecule has 0 saturated heterocycles. The highest BCUT2D eigenvalue weighted by atomic mass is 32.2. The summed E-state index contributed by atoms with van der Waals surface area (Å²) in [7, 11) is -3.67. The molecule has 1 aromatic carbocycles. The van der Waals surface area contributed by atoms with Crippen LogP contribution in [0.5, 0.6) is 5.75 Å². The van der Waals surface area contributed by atoms with E-state index in [-0.39, 0.29) is 4.90 Å². The van der Waals surface area contributed by atoms with E-state index in [1.165, 1.54) is 4.31 Å². The van der Waals surface area contributed by atoms with E-state index >= 15 is 0 Å². The van der Waals surface area contributed by atoms with Crippen molar-refractivity contribution in [3.63, 3.8) is 0 Å². The number of furan rings is 1. The molecule has 0 aliphatic carbocycles. The topological polar surface area (TPSA) is 83.8 Å². The largest absolute Gasteiger partial charge is 0.492 e. The van der Waals surface area contributed by atoms with Crippen LogP contribution in [0.3, 0.4) is 0 Å². The van der Waals surface area contributed by atoms with Crippen LogP contribution in [0.2, 0.25) is 0 Å². The Hall–Kier alpha value is -2.10. The second kappa shape index (κ2) is 9.72. The van der Waals surface area contributed by atoms with Crippen LogP contribution in [0.4, 0.5) is 5.69 Å². The number of rotatable bonds is 9. The molecular formula is C18H25N3O4S2. The van der Waals surface area contributed by atoms with Crippen LogP contribution in [0.1, 0.15) is 26.5 Å². The molecule has 0 bridgehead atoms. The highest BCUT2D eigenvalue weighted by Crippen LogP contribution is 2.30. The van der Waals surface area contributed by atoms with Gasteiger partial charge in [0.15, 0.2) is 5.11 Å². The third-order valence-corrected chi connectivity index (χ3v) is 6.15. The molecule has 0 fully saturated rings. The number of benzene rings is 1. The average Bonchev–Trinajstić information content (AvgIpc) is 3.16. The quantitative estimate of drug-likeness (QED) is 0.613. The molecule has 0 amide bonds. The van der Waals surface area contributed by atoms with Gasteiger partial charge in [-0.1, -0.05) is 13.8 Å². The first kappa shape index (κ1) is 21.2. The van der Waals surface area contributed by atoms with Gasteiger partial charge in [-0.15, -0.1) is 0 Å². The van der Waals surface area contributed by atoms with Crippen molar-refractivity contribution in [2.75, 3.05) is 25.0 Å². The molecule has 9 heteroatoms. The summed E-state index contributed by atoms with van der Waals surface area (Å²) in [5.74, 6) is 1.07. The van der Waals surface area contributed by atoms with Gasteiger partial charge in [0, 0.05) is 18.8 Å². The van der Waals surface area contributed by atoms with Crippen molar-refractivity contribution in [3.8, 4) is 5.75 Å². The summed E-state index contributed by atoms with van der Waals surface area (Å²) in [4.78, 5) is 0.117. The average molecular weight is 412 g/mol. The predicted molar refractivity (Wildman–Crippen MR) is 109 cm³/mol. The number of nitrogens with zero attached hydrogens (tertiary/aromatic N) is 1. The first-order valence-corrected chi connectivity index (χ1v) is 10.6. The van der Waals surface area contributed by atoms with Gasteiger partial charge in [-0.3, -0.25) is 0 Å². The Labute approximate surface area is 165 Å². The second-order valence-corrected chi connectivity index (χ2v) is 7.89. The number of sulfonamides is 1. The van der Waals surface area contributed by atoms with Gasteiger partial charge in [-0.25, -0.2) is 8.42 Å². The molecule has 27 heavy (non-hydrogen) atoms. The van der Waals surface area contributed by atoms with Gasteiger partial charge >= 0.3 is 0 Å². The van der Waals surface area contributed by atoms with E-state index in [1.54, 1.807) is 44.4 Å². The molecule has 1 aromatic heterocycles. The van der Waals surface area contributed by atoms with Gasteiger partial charge in [-0.2, -0.15) is 4.31 Å². The summed E-state index contributed by atoms with van der Waals surface area (Å²) in [5, 5.41) is 6.38. The Kier molecular flexibility index (Phi) is 7.64. The lowest BCUT2D eigenvalue weighted by Crippen LogP contribution is -2.31. The Morgan fingerprint density at radius 2 is 1.96 bits per heavy atom. The minimum absolute atomic E-state index is 0.117. The fourth-order valence-corrected chi connectivity index (χ4v) is 4.33. The summed E-state index contributed by atoms with van der Waals surface area (Å²) < 4.78 is 38.1. The smallest absolute Gasteiger partial charge is 0.246 e. The molecule has 1 heterocycles. The molecule has 2 N–H and O–H groups in total. The number of nitrogens with one attached hydrogen (secondary N) is 2. The Morgan fingerprint density at radius 3 is 2.56 bits per heavy atom. The molecule has 0 aliphatic heterocycles. The minimum atomic E-state index is -3.67. The Bertz CT molecular complexity index is 847. The van der Waals surface area contributed by atoms with Crippen LogP contribution in [0.25, 0.3) is 0 Å². The fraction of sp³-hybridized carbons (Fsp3) is 0.389. The second-order valence-electron chi connectivity index (χ2n) is 5.57. The van der Waals surface area contributed by atoms with Crippen molar-refractivity contribution in [1.82, 2.24) is 9.62 Å². The minimum Gasteiger partial charge on any atom is -0.492 e. The van der Waals surface area contributed by atoms with Crippen LogP contribution >= 0.6 is 12.2 Å². The van der Waals surface area contributed by atoms with E-state index in [0.29, 0.717) is 42.8 Å². The van der Waals surface area contributed by atoms with Crippen molar-refractivity contribution < 1.29 is 17.6 Å². The molecular weight excluding hydrogens is 386 g/mol. The number of hydrogen-bond donors (Lipinski definition) is 2. The number of thiocarbonyl (C=S) groups is 1. The molecule has 0 unspecified atom stereocenters. The van der Waals surface area contributed by atoms with E-state index in [2.05, 4.69) is 10.6 Å². The van der Waals surface area contributed by atoms with Gasteiger partial charge in [0.2, 0.25) is 10.0 Å². The van der Waals surface area contributed by atoms with Crippen LogP contribution in [-0.4, -0.2) is 37.5 Å². The maximum atomic E-state index is 13.0. The summed E-state index contributed by atoms with van der Waals surface area (Å²) in [6.07, 6.45) is 1.59. The monoisotopic (exact) mass is 411 g/mol. The summed E-state index contributed by atoms with van der Waals surface area (Å²) in [6.45, 7) is 6.98. The molecule has 7 nitrogen and oxygen atoms in total. The highest BCUT2D eigenvalue weighted by molar-refractivity contribution is 7.89. The first-order valence-electron chi connectivity index (χ1n) is 8.76. The Balaban J connectivity index is 2.22. The maximum Gasteiger partial charge on any atom is 0.246 e. The van der Waals surface area contributed by atoms with E-state index in [1.807, 2.05) is 13.0 Å². The number of hydrogen-bond acceptors (Lipinski definition) is 5. The molecule has 2 rings (SSSR count). The Morgan fingerprint density at radius 1 is 1.22 bits per heavy atom. The third kappa shape index (κ3) is 5.44. The van der Waals surface area contributed by atoms with Crippen molar-refractivity contribution in [3.05, 3.63) is 42.4 Å². The molecule has 0 aliphatic rings. The third-order valence-electron chi connectivity index (χ3n) is 3.83. The van der Waals surface area contributed by atoms with Crippen LogP contribution in [-0.2, 0) is 16.6 Å². The zero-order valence-corrected chi connectivity index (χ0v) is 17.3. The van der Waals surface area contributed by atoms with Crippen LogP contribution in [0.15, 0.2) is 45.9 Å². The first-order chi connectivity index (χ1) is 12.9. The zero-order chi connectivity index (χ0) is 19.9. The van der Waals surface area contributed by atoms with Crippen LogP contribution < -0.4 is 15.4 Å². The summed E-state index contributed by atoms with van der Waals surface area (Å²) in [5.41, 5.74) is 0.557. The molecule has 0 radical (unpaired) electrons. The molecule has 0 saturated carbocycles. The van der Waals surface area contributed by atoms with E-state index in [0.717, 1.165) is 5.76 Å². The SMILES string of the molecule is CCOc1ccc(NC(=S)NCc2ccco2)cc1S(=O)(=O)N(CC)CC. The lowest BCUT2D eigenvalue weighted by atomic mass is 10.3. The lowest BCUT2D eigenvalue weighted by molar-refractivity contribution is 0.329. The zero-order valence-electron chi connectivity index (χ0n) is 15.7. The van der Waals surface area contributed by atoms with E-state index in [4.69, 9.17) is 21.4 Å². The fourth-order valence-electron chi connectivity index (χ4n) is 2.52. The standard InChI is InChI=1S/C18H25N3O4S2/c1-4-21(5-2)27(22,23)17-12-14(9-10-16(17)24-6-3)20-18(26)19-13-15-8-7-11-25-15/h7-12H,4-6,13H2,1-3H3,(H2,19,20,26). The van der Waals surface area contributed by atoms with Gasteiger partial charge in [0.05, 0.1) is 19.4 Å². The van der Waals surface area contributed by atoms with E-state index in [9.17, 15) is 8.42 Å². The van der Waals surface area contributed by atoms with Crippen molar-refractivity contribution in [1.29, 1.82) is 0 Å². The van der Waals surface area contributed by atoms with Gasteiger partial charge < -0.3 is 19.8 Å². The molecule has 0 spiro atoms. The van der Waals surface area contributed by atoms with Gasteiger partial charge in [0.25, 0.3) is 0 Å². The molecule has 2 aromatic rings. The normalized spacial score (nSPS) is 11.4. The van der Waals surface area contributed by atoms with Crippen molar-refractivity contribution in [2.45, 2.75) is 32.2 Å². The number of ether oxygens (including phenoxy) is 1. The summed E-state index contributed by atoms with van der Waals surface area (Å²) in [6, 6.07) is 8.54. The van der Waals surface area contributed by atoms with E-state index < -0.39 is 10.0 Å². The van der Waals surface area contributed by atoms with Gasteiger partial charge in [-0.05, 0) is 49.5 Å². The molecule has 148 valence electrons. The maximum absolute atomic E-state index is 13.0. The highest BCUT2D eigenvalue weighted by Gasteiger charge is 2.26. The van der Waals surface area contributed by atoms with Crippen LogP contribution in [0, 0.1) is 0 Å². The molecule has 0 atom stereocenters.